The van der Waals surface area contributed by atoms with Gasteiger partial charge in [0, 0.05) is 25.3 Å². The third kappa shape index (κ3) is 5.50. The second-order valence-corrected chi connectivity index (χ2v) is 7.12. The number of hydrogen-bond donors (Lipinski definition) is 1. The summed E-state index contributed by atoms with van der Waals surface area (Å²) in [4.78, 5) is 12.7. The van der Waals surface area contributed by atoms with Gasteiger partial charge in [0.25, 0.3) is 0 Å². The highest BCUT2D eigenvalue weighted by atomic mass is 32.2. The van der Waals surface area contributed by atoms with E-state index < -0.39 is 15.8 Å². The zero-order valence-corrected chi connectivity index (χ0v) is 11.1. The quantitative estimate of drug-likeness (QED) is 0.760. The van der Waals surface area contributed by atoms with E-state index in [1.54, 1.807) is 6.92 Å². The molecule has 0 aliphatic carbocycles. The molecule has 1 aliphatic heterocycles. The summed E-state index contributed by atoms with van der Waals surface area (Å²) in [5, 5.41) is 8.73. The van der Waals surface area contributed by atoms with Gasteiger partial charge in [0.1, 0.15) is 0 Å². The first kappa shape index (κ1) is 14.4. The minimum Gasteiger partial charge on any atom is -0.481 e. The average Bonchev–Trinajstić information content (AvgIpc) is 2.26. The van der Waals surface area contributed by atoms with E-state index in [1.807, 2.05) is 0 Å². The number of sulfone groups is 1. The standard InChI is InChI=1S/C11H21NO4S/c1-2-17(15,16)7-6-12-5-3-4-10(9-12)8-11(13)14/h10H,2-9H2,1H3,(H,13,14). The molecule has 0 bridgehead atoms. The highest BCUT2D eigenvalue weighted by Gasteiger charge is 2.22. The van der Waals surface area contributed by atoms with Gasteiger partial charge in [0.15, 0.2) is 9.84 Å². The zero-order valence-electron chi connectivity index (χ0n) is 10.3. The third-order valence-corrected chi connectivity index (χ3v) is 4.91. The van der Waals surface area contributed by atoms with Crippen LogP contribution in [0.1, 0.15) is 26.2 Å². The van der Waals surface area contributed by atoms with Gasteiger partial charge in [-0.3, -0.25) is 4.79 Å². The average molecular weight is 263 g/mol. The summed E-state index contributed by atoms with van der Waals surface area (Å²) in [5.41, 5.74) is 0. The Morgan fingerprint density at radius 3 is 2.76 bits per heavy atom. The molecule has 5 nitrogen and oxygen atoms in total. The number of likely N-dealkylation sites (tertiary alicyclic amines) is 1. The molecule has 100 valence electrons. The first-order chi connectivity index (χ1) is 7.93. The van der Waals surface area contributed by atoms with E-state index in [9.17, 15) is 13.2 Å². The third-order valence-electron chi connectivity index (χ3n) is 3.22. The fourth-order valence-corrected chi connectivity index (χ4v) is 3.01. The first-order valence-corrected chi connectivity index (χ1v) is 7.89. The number of carbonyl (C=O) groups is 1. The van der Waals surface area contributed by atoms with Crippen LogP contribution < -0.4 is 0 Å². The van der Waals surface area contributed by atoms with Gasteiger partial charge in [-0.25, -0.2) is 8.42 Å². The Bertz CT molecular complexity index is 352. The van der Waals surface area contributed by atoms with Gasteiger partial charge in [-0.05, 0) is 25.3 Å². The minimum absolute atomic E-state index is 0.172. The van der Waals surface area contributed by atoms with Gasteiger partial charge in [0.2, 0.25) is 0 Å². The van der Waals surface area contributed by atoms with Crippen LogP contribution in [-0.4, -0.2) is 55.5 Å². The molecule has 17 heavy (non-hydrogen) atoms. The Kier molecular flexibility index (Phi) is 5.39. The normalized spacial score (nSPS) is 22.5. The maximum absolute atomic E-state index is 11.4. The molecule has 1 atom stereocenters. The van der Waals surface area contributed by atoms with E-state index >= 15 is 0 Å². The molecule has 1 saturated heterocycles. The predicted octanol–water partition coefficient (Wildman–Crippen LogP) is 0.608. The van der Waals surface area contributed by atoms with Gasteiger partial charge in [0.05, 0.1) is 5.75 Å². The van der Waals surface area contributed by atoms with Gasteiger partial charge in [-0.1, -0.05) is 6.92 Å². The Balaban J connectivity index is 2.37. The lowest BCUT2D eigenvalue weighted by atomic mass is 9.95. The predicted molar refractivity (Wildman–Crippen MR) is 65.7 cm³/mol. The molecule has 0 aromatic rings. The van der Waals surface area contributed by atoms with E-state index in [-0.39, 0.29) is 23.8 Å². The number of rotatable bonds is 6. The number of carboxylic acid groups (broad SMARTS) is 1. The SMILES string of the molecule is CCS(=O)(=O)CCN1CCCC(CC(=O)O)C1. The van der Waals surface area contributed by atoms with Crippen LogP contribution in [-0.2, 0) is 14.6 Å². The molecule has 0 aromatic carbocycles. The van der Waals surface area contributed by atoms with Crippen molar-refractivity contribution >= 4 is 15.8 Å². The topological polar surface area (TPSA) is 74.7 Å². The Hall–Kier alpha value is -0.620. The van der Waals surface area contributed by atoms with Crippen molar-refractivity contribution in [1.29, 1.82) is 0 Å². The molecule has 0 amide bonds. The highest BCUT2D eigenvalue weighted by Crippen LogP contribution is 2.19. The molecule has 1 rings (SSSR count). The monoisotopic (exact) mass is 263 g/mol. The van der Waals surface area contributed by atoms with Crippen molar-refractivity contribution in [2.45, 2.75) is 26.2 Å². The van der Waals surface area contributed by atoms with E-state index in [0.29, 0.717) is 13.1 Å². The van der Waals surface area contributed by atoms with Gasteiger partial charge in [-0.15, -0.1) is 0 Å². The smallest absolute Gasteiger partial charge is 0.303 e. The second kappa shape index (κ2) is 6.35. The van der Waals surface area contributed by atoms with E-state index in [1.165, 1.54) is 0 Å². The number of piperidine rings is 1. The van der Waals surface area contributed by atoms with Crippen molar-refractivity contribution in [2.75, 3.05) is 31.1 Å². The van der Waals surface area contributed by atoms with Crippen LogP contribution in [0.5, 0.6) is 0 Å². The minimum atomic E-state index is -2.92. The molecule has 1 unspecified atom stereocenters. The number of hydrogen-bond acceptors (Lipinski definition) is 4. The van der Waals surface area contributed by atoms with Gasteiger partial charge < -0.3 is 10.0 Å². The van der Waals surface area contributed by atoms with E-state index in [2.05, 4.69) is 4.90 Å². The lowest BCUT2D eigenvalue weighted by molar-refractivity contribution is -0.138. The molecule has 0 spiro atoms. The second-order valence-electron chi connectivity index (χ2n) is 4.64. The summed E-state index contributed by atoms with van der Waals surface area (Å²) >= 11 is 0. The summed E-state index contributed by atoms with van der Waals surface area (Å²) in [6, 6.07) is 0. The van der Waals surface area contributed by atoms with Gasteiger partial charge in [-0.2, -0.15) is 0 Å². The van der Waals surface area contributed by atoms with Gasteiger partial charge >= 0.3 is 5.97 Å². The Labute approximate surface area is 103 Å². The molecule has 6 heteroatoms. The summed E-state index contributed by atoms with van der Waals surface area (Å²) in [6.45, 7) is 3.78. The molecule has 1 N–H and O–H groups in total. The molecular weight excluding hydrogens is 242 g/mol. The van der Waals surface area contributed by atoms with Crippen LogP contribution in [0.4, 0.5) is 0 Å². The highest BCUT2D eigenvalue weighted by molar-refractivity contribution is 7.91. The van der Waals surface area contributed by atoms with E-state index in [0.717, 1.165) is 19.4 Å². The first-order valence-electron chi connectivity index (χ1n) is 6.07. The summed E-state index contributed by atoms with van der Waals surface area (Å²) < 4.78 is 22.8. The van der Waals surface area contributed by atoms with Crippen molar-refractivity contribution in [1.82, 2.24) is 4.90 Å². The van der Waals surface area contributed by atoms with Crippen LogP contribution in [0, 0.1) is 5.92 Å². The van der Waals surface area contributed by atoms with Crippen molar-refractivity contribution < 1.29 is 18.3 Å². The number of nitrogens with zero attached hydrogens (tertiary/aromatic N) is 1. The van der Waals surface area contributed by atoms with Crippen molar-refractivity contribution in [3.8, 4) is 0 Å². The summed E-state index contributed by atoms with van der Waals surface area (Å²) in [7, 11) is -2.92. The fraction of sp³-hybridized carbons (Fsp3) is 0.909. The molecule has 1 heterocycles. The lowest BCUT2D eigenvalue weighted by Crippen LogP contribution is -2.39. The number of carboxylic acids is 1. The van der Waals surface area contributed by atoms with Crippen molar-refractivity contribution in [3.63, 3.8) is 0 Å². The van der Waals surface area contributed by atoms with Crippen molar-refractivity contribution in [2.24, 2.45) is 5.92 Å². The molecule has 1 aliphatic rings. The fourth-order valence-electron chi connectivity index (χ4n) is 2.18. The van der Waals surface area contributed by atoms with Crippen LogP contribution >= 0.6 is 0 Å². The molecule has 0 radical (unpaired) electrons. The van der Waals surface area contributed by atoms with Crippen LogP contribution in [0.3, 0.4) is 0 Å². The van der Waals surface area contributed by atoms with Crippen LogP contribution in [0.2, 0.25) is 0 Å². The molecule has 0 saturated carbocycles. The zero-order chi connectivity index (χ0) is 12.9. The Morgan fingerprint density at radius 2 is 2.18 bits per heavy atom. The van der Waals surface area contributed by atoms with E-state index in [4.69, 9.17) is 5.11 Å². The summed E-state index contributed by atoms with van der Waals surface area (Å²) in [5.74, 6) is -0.230. The largest absolute Gasteiger partial charge is 0.481 e. The Morgan fingerprint density at radius 1 is 1.47 bits per heavy atom. The molecule has 1 fully saturated rings. The van der Waals surface area contributed by atoms with Crippen molar-refractivity contribution in [3.05, 3.63) is 0 Å². The maximum Gasteiger partial charge on any atom is 0.303 e. The summed E-state index contributed by atoms with van der Waals surface area (Å²) in [6.07, 6.45) is 2.09. The molecular formula is C11H21NO4S. The van der Waals surface area contributed by atoms with Crippen LogP contribution in [0.15, 0.2) is 0 Å². The number of aliphatic carboxylic acids is 1. The lowest BCUT2D eigenvalue weighted by Gasteiger charge is -2.31. The maximum atomic E-state index is 11.4. The molecule has 0 aromatic heterocycles. The van der Waals surface area contributed by atoms with Crippen LogP contribution in [0.25, 0.3) is 0 Å².